The average Bonchev–Trinajstić information content (AvgIpc) is 3.28. The molecule has 6 nitrogen and oxygen atoms in total. The molecule has 3 aromatic rings. The number of benzene rings is 2. The quantitative estimate of drug-likeness (QED) is 0.554. The highest BCUT2D eigenvalue weighted by Gasteiger charge is 2.43. The number of anilines is 1. The zero-order valence-corrected chi connectivity index (χ0v) is 16.4. The van der Waals surface area contributed by atoms with Crippen LogP contribution in [0.4, 0.5) is 27.8 Å². The van der Waals surface area contributed by atoms with Gasteiger partial charge >= 0.3 is 12.5 Å². The van der Waals surface area contributed by atoms with Gasteiger partial charge in [-0.3, -0.25) is 0 Å². The standard InChI is InChI=1S/C21H16F5N3O3/c22-20(23,24)18-15-5-2-8-27-19(15)29(28-18)13-3-1-4-14(10-13)30-11-12-6-7-16-17(9-12)32-21(25,26)31-16/h1,3-4,6-7,9-10,27H,2,5,8,11H2. The maximum atomic E-state index is 13.4. The highest BCUT2D eigenvalue weighted by Crippen LogP contribution is 2.41. The number of ether oxygens (including phenoxy) is 3. The Hall–Kier alpha value is -3.50. The summed E-state index contributed by atoms with van der Waals surface area (Å²) in [5.74, 6) is 0.521. The van der Waals surface area contributed by atoms with Gasteiger partial charge in [0.2, 0.25) is 0 Å². The van der Waals surface area contributed by atoms with Gasteiger partial charge in [0.1, 0.15) is 18.2 Å². The summed E-state index contributed by atoms with van der Waals surface area (Å²) in [6.07, 6.45) is -7.39. The lowest BCUT2D eigenvalue weighted by atomic mass is 10.1. The zero-order valence-electron chi connectivity index (χ0n) is 16.4. The maximum Gasteiger partial charge on any atom is 0.586 e. The number of nitrogens with one attached hydrogen (secondary N) is 1. The average molecular weight is 453 g/mol. The third kappa shape index (κ3) is 3.78. The minimum absolute atomic E-state index is 0.0227. The van der Waals surface area contributed by atoms with Gasteiger partial charge in [-0.25, -0.2) is 4.68 Å². The van der Waals surface area contributed by atoms with Crippen molar-refractivity contribution in [3.63, 3.8) is 0 Å². The van der Waals surface area contributed by atoms with Crippen LogP contribution >= 0.6 is 0 Å². The van der Waals surface area contributed by atoms with Gasteiger partial charge in [0.25, 0.3) is 0 Å². The van der Waals surface area contributed by atoms with Crippen LogP contribution in [-0.2, 0) is 19.2 Å². The molecule has 11 heteroatoms. The Labute approximate surface area is 178 Å². The van der Waals surface area contributed by atoms with Gasteiger partial charge in [-0.05, 0) is 42.7 Å². The Kier molecular flexibility index (Phi) is 4.64. The van der Waals surface area contributed by atoms with Crippen LogP contribution in [0.25, 0.3) is 5.69 Å². The van der Waals surface area contributed by atoms with Gasteiger partial charge < -0.3 is 19.5 Å². The van der Waals surface area contributed by atoms with Crippen LogP contribution in [0, 0.1) is 0 Å². The topological polar surface area (TPSA) is 57.5 Å². The first-order valence-electron chi connectivity index (χ1n) is 9.75. The first-order valence-corrected chi connectivity index (χ1v) is 9.75. The van der Waals surface area contributed by atoms with Crippen LogP contribution in [-0.4, -0.2) is 22.6 Å². The van der Waals surface area contributed by atoms with Crippen molar-refractivity contribution < 1.29 is 36.2 Å². The fourth-order valence-electron chi connectivity index (χ4n) is 3.71. The molecule has 0 amide bonds. The molecule has 0 aliphatic carbocycles. The molecule has 0 bridgehead atoms. The molecule has 1 aromatic heterocycles. The number of halogens is 5. The predicted octanol–water partition coefficient (Wildman–Crippen LogP) is 5.15. The Bertz CT molecular complexity index is 1180. The van der Waals surface area contributed by atoms with Crippen LogP contribution in [0.15, 0.2) is 42.5 Å². The van der Waals surface area contributed by atoms with Gasteiger partial charge in [-0.2, -0.15) is 18.3 Å². The number of fused-ring (bicyclic) bond motifs is 2. The molecule has 5 rings (SSSR count). The van der Waals surface area contributed by atoms with E-state index < -0.39 is 18.2 Å². The second-order valence-electron chi connectivity index (χ2n) is 7.35. The van der Waals surface area contributed by atoms with E-state index >= 15 is 0 Å². The fourth-order valence-corrected chi connectivity index (χ4v) is 3.71. The smallest absolute Gasteiger partial charge is 0.489 e. The summed E-state index contributed by atoms with van der Waals surface area (Å²) in [6, 6.07) is 10.7. The number of hydrogen-bond acceptors (Lipinski definition) is 5. The molecular weight excluding hydrogens is 437 g/mol. The minimum atomic E-state index is -4.56. The summed E-state index contributed by atoms with van der Waals surface area (Å²) >= 11 is 0. The molecule has 2 aliphatic heterocycles. The van der Waals surface area contributed by atoms with E-state index in [-0.39, 0.29) is 30.1 Å². The van der Waals surface area contributed by atoms with Crippen LogP contribution in [0.2, 0.25) is 0 Å². The molecule has 3 heterocycles. The summed E-state index contributed by atoms with van der Waals surface area (Å²) < 4.78 is 82.4. The largest absolute Gasteiger partial charge is 0.586 e. The molecule has 168 valence electrons. The number of nitrogens with zero attached hydrogens (tertiary/aromatic N) is 2. The second-order valence-corrected chi connectivity index (χ2v) is 7.35. The van der Waals surface area contributed by atoms with E-state index in [0.29, 0.717) is 35.8 Å². The normalized spacial score (nSPS) is 16.4. The van der Waals surface area contributed by atoms with Crippen molar-refractivity contribution in [2.45, 2.75) is 31.9 Å². The van der Waals surface area contributed by atoms with E-state index in [2.05, 4.69) is 19.9 Å². The van der Waals surface area contributed by atoms with E-state index in [1.165, 1.54) is 16.8 Å². The second kappa shape index (κ2) is 7.28. The molecule has 32 heavy (non-hydrogen) atoms. The van der Waals surface area contributed by atoms with Crippen LogP contribution in [0.3, 0.4) is 0 Å². The van der Waals surface area contributed by atoms with Gasteiger partial charge in [0, 0.05) is 18.2 Å². The number of alkyl halides is 5. The van der Waals surface area contributed by atoms with Gasteiger partial charge in [-0.15, -0.1) is 8.78 Å². The highest BCUT2D eigenvalue weighted by atomic mass is 19.4. The fraction of sp³-hybridized carbons (Fsp3) is 0.286. The van der Waals surface area contributed by atoms with Gasteiger partial charge in [0.15, 0.2) is 17.2 Å². The van der Waals surface area contributed by atoms with E-state index in [4.69, 9.17) is 4.74 Å². The maximum absolute atomic E-state index is 13.4. The lowest BCUT2D eigenvalue weighted by Gasteiger charge is -2.17. The summed E-state index contributed by atoms with van der Waals surface area (Å²) in [7, 11) is 0. The Morgan fingerprint density at radius 1 is 1.09 bits per heavy atom. The first kappa shape index (κ1) is 20.4. The molecule has 0 unspecified atom stereocenters. The molecule has 2 aliphatic rings. The molecule has 1 N–H and O–H groups in total. The third-order valence-corrected chi connectivity index (χ3v) is 5.08. The number of aromatic nitrogens is 2. The van der Waals surface area contributed by atoms with E-state index in [0.717, 1.165) is 0 Å². The summed E-state index contributed by atoms with van der Waals surface area (Å²) in [5, 5.41) is 6.82. The van der Waals surface area contributed by atoms with Crippen molar-refractivity contribution in [1.82, 2.24) is 9.78 Å². The van der Waals surface area contributed by atoms with Crippen molar-refractivity contribution in [3.05, 3.63) is 59.3 Å². The van der Waals surface area contributed by atoms with E-state index in [1.807, 2.05) is 0 Å². The van der Waals surface area contributed by atoms with Crippen LogP contribution in [0.1, 0.15) is 23.2 Å². The highest BCUT2D eigenvalue weighted by molar-refractivity contribution is 5.56. The van der Waals surface area contributed by atoms with Gasteiger partial charge in [0.05, 0.1) is 5.69 Å². The monoisotopic (exact) mass is 453 g/mol. The Morgan fingerprint density at radius 2 is 1.91 bits per heavy atom. The van der Waals surface area contributed by atoms with E-state index in [9.17, 15) is 22.0 Å². The third-order valence-electron chi connectivity index (χ3n) is 5.08. The number of rotatable bonds is 4. The molecule has 0 atom stereocenters. The molecule has 2 aromatic carbocycles. The Morgan fingerprint density at radius 3 is 2.72 bits per heavy atom. The van der Waals surface area contributed by atoms with E-state index in [1.54, 1.807) is 30.3 Å². The van der Waals surface area contributed by atoms with Crippen molar-refractivity contribution >= 4 is 5.82 Å². The van der Waals surface area contributed by atoms with Gasteiger partial charge in [-0.1, -0.05) is 12.1 Å². The molecular formula is C21H16F5N3O3. The lowest BCUT2D eigenvalue weighted by molar-refractivity contribution is -0.286. The summed E-state index contributed by atoms with van der Waals surface area (Å²) in [5.41, 5.74) is 0.192. The van der Waals surface area contributed by atoms with Crippen LogP contribution in [0.5, 0.6) is 17.2 Å². The van der Waals surface area contributed by atoms with Crippen molar-refractivity contribution in [2.24, 2.45) is 0 Å². The number of hydrogen-bond donors (Lipinski definition) is 1. The van der Waals surface area contributed by atoms with Crippen molar-refractivity contribution in [2.75, 3.05) is 11.9 Å². The van der Waals surface area contributed by atoms with Crippen molar-refractivity contribution in [3.8, 4) is 22.9 Å². The molecule has 0 fully saturated rings. The summed E-state index contributed by atoms with van der Waals surface area (Å²) in [4.78, 5) is 0. The molecule has 0 saturated carbocycles. The first-order chi connectivity index (χ1) is 15.2. The summed E-state index contributed by atoms with van der Waals surface area (Å²) in [6.45, 7) is 0.574. The predicted molar refractivity (Wildman–Crippen MR) is 102 cm³/mol. The lowest BCUT2D eigenvalue weighted by Crippen LogP contribution is -2.25. The molecule has 0 spiro atoms. The minimum Gasteiger partial charge on any atom is -0.489 e. The molecule has 0 radical (unpaired) electrons. The molecule has 0 saturated heterocycles. The van der Waals surface area contributed by atoms with Crippen molar-refractivity contribution in [1.29, 1.82) is 0 Å². The van der Waals surface area contributed by atoms with Crippen LogP contribution < -0.4 is 19.5 Å². The Balaban J connectivity index is 1.38. The SMILES string of the molecule is FC1(F)Oc2ccc(COc3cccc(-n4nc(C(F)(F)F)c5c4NCCC5)c3)cc2O1. The zero-order chi connectivity index (χ0) is 22.5.